The number of nitrogens with zero attached hydrogens (tertiary/aromatic N) is 2. The number of hydrogen-bond acceptors (Lipinski definition) is 2. The van der Waals surface area contributed by atoms with Gasteiger partial charge >= 0.3 is 0 Å². The molecule has 0 saturated carbocycles. The molecule has 0 bridgehead atoms. The van der Waals surface area contributed by atoms with Gasteiger partial charge in [-0.3, -0.25) is 0 Å². The van der Waals surface area contributed by atoms with Gasteiger partial charge in [0.2, 0.25) is 0 Å². The molecule has 0 unspecified atom stereocenters. The Bertz CT molecular complexity index is 416. The van der Waals surface area contributed by atoms with Crippen molar-refractivity contribution in [2.75, 3.05) is 0 Å². The molecule has 58 valence electrons. The van der Waals surface area contributed by atoms with Gasteiger partial charge in [0.15, 0.2) is 5.82 Å². The van der Waals surface area contributed by atoms with E-state index in [0.717, 1.165) is 10.8 Å². The highest BCUT2D eigenvalue weighted by atomic mass is 14.9. The summed E-state index contributed by atoms with van der Waals surface area (Å²) in [6.45, 7) is 3.47. The predicted octanol–water partition coefficient (Wildman–Crippen LogP) is 2.57. The quantitative estimate of drug-likeness (QED) is 0.582. The van der Waals surface area contributed by atoms with Gasteiger partial charge in [0.25, 0.3) is 0 Å². The molecule has 2 rings (SSSR count). The minimum absolute atomic E-state index is 0.702. The first-order valence-electron chi connectivity index (χ1n) is 3.72. The monoisotopic (exact) mass is 156 g/mol. The van der Waals surface area contributed by atoms with E-state index in [1.54, 1.807) is 6.20 Å². The van der Waals surface area contributed by atoms with Crippen molar-refractivity contribution in [3.63, 3.8) is 0 Å². The maximum atomic E-state index is 4.10. The number of aliphatic imine (C=N–C) groups is 1. The van der Waals surface area contributed by atoms with Gasteiger partial charge in [-0.05, 0) is 18.2 Å². The molecular weight excluding hydrogens is 148 g/mol. The molecule has 0 saturated heterocycles. The van der Waals surface area contributed by atoms with E-state index >= 15 is 0 Å². The number of benzene rings is 1. The number of pyridine rings is 1. The molecule has 0 fully saturated rings. The maximum absolute atomic E-state index is 4.10. The number of rotatable bonds is 1. The second-order valence-corrected chi connectivity index (χ2v) is 2.51. The average molecular weight is 156 g/mol. The first kappa shape index (κ1) is 6.98. The first-order chi connectivity index (χ1) is 5.92. The molecular formula is C10H8N2. The molecule has 1 heterocycles. The molecule has 0 atom stereocenters. The fraction of sp³-hybridized carbons (Fsp3) is 0. The second-order valence-electron chi connectivity index (χ2n) is 2.51. The van der Waals surface area contributed by atoms with Gasteiger partial charge in [0.05, 0.1) is 0 Å². The van der Waals surface area contributed by atoms with Crippen LogP contribution in [0.1, 0.15) is 0 Å². The highest BCUT2D eigenvalue weighted by Gasteiger charge is 1.96. The van der Waals surface area contributed by atoms with Crippen molar-refractivity contribution < 1.29 is 0 Å². The smallest absolute Gasteiger partial charge is 0.159 e. The summed E-state index contributed by atoms with van der Waals surface area (Å²) >= 11 is 0. The Morgan fingerprint density at radius 3 is 2.83 bits per heavy atom. The highest BCUT2D eigenvalue weighted by Crippen LogP contribution is 2.21. The third kappa shape index (κ3) is 0.975. The van der Waals surface area contributed by atoms with Crippen LogP contribution in [0.4, 0.5) is 5.82 Å². The Morgan fingerprint density at radius 1 is 1.17 bits per heavy atom. The zero-order valence-corrected chi connectivity index (χ0v) is 6.57. The molecule has 2 nitrogen and oxygen atoms in total. The summed E-state index contributed by atoms with van der Waals surface area (Å²) in [6, 6.07) is 9.95. The summed E-state index contributed by atoms with van der Waals surface area (Å²) in [5.74, 6) is 0.702. The van der Waals surface area contributed by atoms with Crippen LogP contribution in [0.3, 0.4) is 0 Å². The summed E-state index contributed by atoms with van der Waals surface area (Å²) in [7, 11) is 0. The molecule has 2 heteroatoms. The fourth-order valence-electron chi connectivity index (χ4n) is 1.23. The van der Waals surface area contributed by atoms with Crippen LogP contribution in [0.2, 0.25) is 0 Å². The Labute approximate surface area is 70.6 Å². The summed E-state index contributed by atoms with van der Waals surface area (Å²) in [5, 5.41) is 2.20. The lowest BCUT2D eigenvalue weighted by Gasteiger charge is -1.98. The summed E-state index contributed by atoms with van der Waals surface area (Å²) in [6.07, 6.45) is 1.74. The molecule has 1 aromatic heterocycles. The van der Waals surface area contributed by atoms with Gasteiger partial charge in [0, 0.05) is 11.6 Å². The van der Waals surface area contributed by atoms with Gasteiger partial charge in [-0.25, -0.2) is 9.98 Å². The van der Waals surface area contributed by atoms with E-state index in [4.69, 9.17) is 0 Å². The van der Waals surface area contributed by atoms with Crippen LogP contribution in [-0.4, -0.2) is 11.7 Å². The third-order valence-electron chi connectivity index (χ3n) is 1.80. The highest BCUT2D eigenvalue weighted by molar-refractivity contribution is 5.90. The molecule has 0 aliphatic heterocycles. The van der Waals surface area contributed by atoms with Crippen molar-refractivity contribution in [3.05, 3.63) is 36.5 Å². The SMILES string of the molecule is C=Nc1nccc2ccccc12. The van der Waals surface area contributed by atoms with E-state index in [2.05, 4.69) is 16.7 Å². The second kappa shape index (κ2) is 2.74. The molecule has 0 N–H and O–H groups in total. The van der Waals surface area contributed by atoms with Crippen molar-refractivity contribution in [1.82, 2.24) is 4.98 Å². The van der Waals surface area contributed by atoms with Crippen molar-refractivity contribution in [1.29, 1.82) is 0 Å². The molecule has 0 aliphatic carbocycles. The van der Waals surface area contributed by atoms with E-state index < -0.39 is 0 Å². The largest absolute Gasteiger partial charge is 0.245 e. The van der Waals surface area contributed by atoms with E-state index in [1.807, 2.05) is 30.3 Å². The fourth-order valence-corrected chi connectivity index (χ4v) is 1.23. The molecule has 1 aromatic carbocycles. The van der Waals surface area contributed by atoms with Crippen LogP contribution >= 0.6 is 0 Å². The maximum Gasteiger partial charge on any atom is 0.159 e. The van der Waals surface area contributed by atoms with Crippen LogP contribution in [0.25, 0.3) is 10.8 Å². The van der Waals surface area contributed by atoms with Crippen molar-refractivity contribution >= 4 is 23.3 Å². The zero-order chi connectivity index (χ0) is 8.39. The van der Waals surface area contributed by atoms with Crippen LogP contribution < -0.4 is 0 Å². The lowest BCUT2D eigenvalue weighted by Crippen LogP contribution is -1.76. The number of fused-ring (bicyclic) bond motifs is 1. The molecule has 0 spiro atoms. The molecule has 0 amide bonds. The molecule has 2 aromatic rings. The minimum atomic E-state index is 0.702. The Morgan fingerprint density at radius 2 is 2.00 bits per heavy atom. The standard InChI is InChI=1S/C10H8N2/c1-11-10-9-5-3-2-4-8(9)6-7-12-10/h2-7H,1H2. The summed E-state index contributed by atoms with van der Waals surface area (Å²) in [4.78, 5) is 7.93. The van der Waals surface area contributed by atoms with Gasteiger partial charge in [-0.2, -0.15) is 0 Å². The number of hydrogen-bond donors (Lipinski definition) is 0. The Hall–Kier alpha value is -1.70. The van der Waals surface area contributed by atoms with Gasteiger partial charge < -0.3 is 0 Å². The zero-order valence-electron chi connectivity index (χ0n) is 6.57. The minimum Gasteiger partial charge on any atom is -0.245 e. The first-order valence-corrected chi connectivity index (χ1v) is 3.72. The van der Waals surface area contributed by atoms with E-state index in [0.29, 0.717) is 5.82 Å². The predicted molar refractivity (Wildman–Crippen MR) is 51.0 cm³/mol. The summed E-state index contributed by atoms with van der Waals surface area (Å²) < 4.78 is 0. The van der Waals surface area contributed by atoms with Crippen LogP contribution in [-0.2, 0) is 0 Å². The Kier molecular flexibility index (Phi) is 1.59. The lowest BCUT2D eigenvalue weighted by molar-refractivity contribution is 1.31. The van der Waals surface area contributed by atoms with Crippen molar-refractivity contribution in [2.45, 2.75) is 0 Å². The molecule has 0 radical (unpaired) electrons. The van der Waals surface area contributed by atoms with Gasteiger partial charge in [-0.1, -0.05) is 24.3 Å². The average Bonchev–Trinajstić information content (AvgIpc) is 2.17. The molecule has 12 heavy (non-hydrogen) atoms. The van der Waals surface area contributed by atoms with E-state index in [1.165, 1.54) is 0 Å². The van der Waals surface area contributed by atoms with Gasteiger partial charge in [-0.15, -0.1) is 0 Å². The Balaban J connectivity index is 2.88. The van der Waals surface area contributed by atoms with Crippen molar-refractivity contribution in [3.8, 4) is 0 Å². The molecule has 0 aliphatic rings. The van der Waals surface area contributed by atoms with Crippen LogP contribution in [0, 0.1) is 0 Å². The topological polar surface area (TPSA) is 25.2 Å². The van der Waals surface area contributed by atoms with Gasteiger partial charge in [0.1, 0.15) is 0 Å². The lowest BCUT2D eigenvalue weighted by atomic mass is 10.2. The summed E-state index contributed by atoms with van der Waals surface area (Å²) in [5.41, 5.74) is 0. The van der Waals surface area contributed by atoms with Crippen LogP contribution in [0.5, 0.6) is 0 Å². The normalized spacial score (nSPS) is 10.0. The third-order valence-corrected chi connectivity index (χ3v) is 1.80. The van der Waals surface area contributed by atoms with Crippen molar-refractivity contribution in [2.24, 2.45) is 4.99 Å². The number of aromatic nitrogens is 1. The van der Waals surface area contributed by atoms with E-state index in [9.17, 15) is 0 Å². The van der Waals surface area contributed by atoms with E-state index in [-0.39, 0.29) is 0 Å². The van der Waals surface area contributed by atoms with Crippen LogP contribution in [0.15, 0.2) is 41.5 Å².